The SMILES string of the molecule is Cc1n[nH]c2nc(-c3csc(N)n3)c3c(F)cc(O)c(F)c3c12.O=C(O)C(F)(F)F. The van der Waals surface area contributed by atoms with Gasteiger partial charge in [0.2, 0.25) is 0 Å². The fourth-order valence-corrected chi connectivity index (χ4v) is 3.18. The van der Waals surface area contributed by atoms with Crippen molar-refractivity contribution in [2.45, 2.75) is 13.1 Å². The Morgan fingerprint density at radius 2 is 1.83 bits per heavy atom. The number of anilines is 1. The molecule has 5 N–H and O–H groups in total. The van der Waals surface area contributed by atoms with Crippen LogP contribution in [-0.2, 0) is 4.79 Å². The van der Waals surface area contributed by atoms with Gasteiger partial charge in [0.1, 0.15) is 17.2 Å². The summed E-state index contributed by atoms with van der Waals surface area (Å²) in [7, 11) is 0. The van der Waals surface area contributed by atoms with E-state index in [-0.39, 0.29) is 27.2 Å². The Morgan fingerprint density at radius 1 is 1.20 bits per heavy atom. The number of aromatic nitrogens is 4. The number of aromatic hydroxyl groups is 1. The number of rotatable bonds is 1. The number of nitrogen functional groups attached to an aromatic ring is 1. The van der Waals surface area contributed by atoms with Crippen molar-refractivity contribution >= 4 is 44.2 Å². The molecule has 8 nitrogen and oxygen atoms in total. The standard InChI is InChI=1S/C14H9F2N5OS.C2HF3O2/c1-4-8-10-9(5(15)2-7(22)11(10)16)12(19-13(8)21-20-4)6-3-23-14(17)18-6;3-2(4,5)1(6)7/h2-3,22H,1H3,(H2,17,18)(H,19,20,21);(H,6,7). The number of phenols is 1. The number of aromatic amines is 1. The van der Waals surface area contributed by atoms with Gasteiger partial charge in [-0.2, -0.15) is 18.3 Å². The topological polar surface area (TPSA) is 138 Å². The first-order valence-electron chi connectivity index (χ1n) is 7.78. The Hall–Kier alpha value is -3.55. The average Bonchev–Trinajstić information content (AvgIpc) is 3.24. The molecule has 0 radical (unpaired) electrons. The molecule has 30 heavy (non-hydrogen) atoms. The second-order valence-electron chi connectivity index (χ2n) is 5.81. The zero-order valence-electron chi connectivity index (χ0n) is 14.7. The predicted octanol–water partition coefficient (Wildman–Crippen LogP) is 3.74. The van der Waals surface area contributed by atoms with Crippen molar-refractivity contribution in [3.63, 3.8) is 0 Å². The van der Waals surface area contributed by atoms with Crippen molar-refractivity contribution in [1.29, 1.82) is 0 Å². The lowest BCUT2D eigenvalue weighted by molar-refractivity contribution is -0.192. The number of carboxylic acid groups (broad SMARTS) is 1. The smallest absolute Gasteiger partial charge is 0.490 e. The molecule has 0 atom stereocenters. The number of nitrogens with two attached hydrogens (primary N) is 1. The number of thiazole rings is 1. The van der Waals surface area contributed by atoms with Gasteiger partial charge in [-0.25, -0.2) is 23.5 Å². The number of H-pyrrole nitrogens is 1. The minimum absolute atomic E-state index is 0.0670. The summed E-state index contributed by atoms with van der Waals surface area (Å²) in [6.45, 7) is 1.64. The quantitative estimate of drug-likeness (QED) is 0.326. The average molecular weight is 447 g/mol. The molecule has 0 saturated heterocycles. The Kier molecular flexibility index (Phi) is 5.20. The third-order valence-electron chi connectivity index (χ3n) is 3.84. The van der Waals surface area contributed by atoms with Crippen LogP contribution in [0.5, 0.6) is 5.75 Å². The molecule has 0 saturated carbocycles. The van der Waals surface area contributed by atoms with E-state index in [4.69, 9.17) is 15.6 Å². The van der Waals surface area contributed by atoms with Gasteiger partial charge in [-0.05, 0) is 6.92 Å². The number of pyridine rings is 1. The second-order valence-corrected chi connectivity index (χ2v) is 6.70. The molecule has 158 valence electrons. The van der Waals surface area contributed by atoms with Gasteiger partial charge in [-0.3, -0.25) is 5.10 Å². The number of phenolic OH excluding ortho intramolecular Hbond substituents is 1. The molecule has 0 fully saturated rings. The minimum atomic E-state index is -5.08. The van der Waals surface area contributed by atoms with Gasteiger partial charge >= 0.3 is 12.1 Å². The Labute approximate surface area is 166 Å². The molecule has 0 amide bonds. The van der Waals surface area contributed by atoms with E-state index in [1.165, 1.54) is 11.3 Å². The van der Waals surface area contributed by atoms with E-state index in [2.05, 4.69) is 20.2 Å². The molecular formula is C16H10F5N5O3S. The van der Waals surface area contributed by atoms with Crippen LogP contribution in [-0.4, -0.2) is 42.5 Å². The maximum Gasteiger partial charge on any atom is 0.490 e. The van der Waals surface area contributed by atoms with E-state index in [0.29, 0.717) is 16.8 Å². The van der Waals surface area contributed by atoms with Crippen LogP contribution in [0, 0.1) is 18.6 Å². The first kappa shape index (κ1) is 21.2. The number of aliphatic carboxylic acids is 1. The van der Waals surface area contributed by atoms with Gasteiger partial charge in [-0.15, -0.1) is 11.3 Å². The van der Waals surface area contributed by atoms with Gasteiger partial charge in [-0.1, -0.05) is 0 Å². The van der Waals surface area contributed by atoms with Crippen molar-refractivity contribution in [3.8, 4) is 17.1 Å². The third-order valence-corrected chi connectivity index (χ3v) is 4.52. The molecule has 3 aromatic heterocycles. The van der Waals surface area contributed by atoms with Gasteiger partial charge in [0.25, 0.3) is 0 Å². The summed E-state index contributed by atoms with van der Waals surface area (Å²) in [5.41, 5.74) is 6.82. The summed E-state index contributed by atoms with van der Waals surface area (Å²) in [5.74, 6) is -5.25. The summed E-state index contributed by atoms with van der Waals surface area (Å²) in [6, 6.07) is 0.722. The summed E-state index contributed by atoms with van der Waals surface area (Å²) in [4.78, 5) is 17.3. The number of hydrogen-bond donors (Lipinski definition) is 4. The molecule has 1 aromatic carbocycles. The van der Waals surface area contributed by atoms with E-state index in [9.17, 15) is 27.1 Å². The van der Waals surface area contributed by atoms with Crippen LogP contribution in [0.4, 0.5) is 27.1 Å². The molecule has 14 heteroatoms. The first-order chi connectivity index (χ1) is 13.9. The van der Waals surface area contributed by atoms with Crippen LogP contribution in [0.15, 0.2) is 11.4 Å². The summed E-state index contributed by atoms with van der Waals surface area (Å²) in [6.07, 6.45) is -5.08. The van der Waals surface area contributed by atoms with Crippen LogP contribution in [0.25, 0.3) is 33.2 Å². The van der Waals surface area contributed by atoms with Crippen LogP contribution in [0.3, 0.4) is 0 Å². The fraction of sp³-hybridized carbons (Fsp3) is 0.125. The molecule has 0 bridgehead atoms. The Balaban J connectivity index is 0.000000318. The van der Waals surface area contributed by atoms with Gasteiger partial charge < -0.3 is 15.9 Å². The number of fused-ring (bicyclic) bond motifs is 3. The molecule has 0 aliphatic heterocycles. The summed E-state index contributed by atoms with van der Waals surface area (Å²) < 4.78 is 60.8. The van der Waals surface area contributed by atoms with E-state index in [1.54, 1.807) is 12.3 Å². The first-order valence-corrected chi connectivity index (χ1v) is 8.66. The Bertz CT molecular complexity index is 1280. The number of alkyl halides is 3. The number of hydrogen-bond acceptors (Lipinski definition) is 7. The number of benzene rings is 1. The largest absolute Gasteiger partial charge is 0.505 e. The number of halogens is 5. The fourth-order valence-electron chi connectivity index (χ4n) is 2.63. The molecule has 0 aliphatic rings. The predicted molar refractivity (Wildman–Crippen MR) is 96.9 cm³/mol. The maximum atomic E-state index is 14.5. The van der Waals surface area contributed by atoms with E-state index < -0.39 is 29.5 Å². The minimum Gasteiger partial charge on any atom is -0.505 e. The number of carboxylic acids is 1. The molecule has 4 rings (SSSR count). The summed E-state index contributed by atoms with van der Waals surface area (Å²) >= 11 is 1.17. The zero-order valence-corrected chi connectivity index (χ0v) is 15.5. The van der Waals surface area contributed by atoms with Crippen molar-refractivity contribution in [2.75, 3.05) is 5.73 Å². The summed E-state index contributed by atoms with van der Waals surface area (Å²) in [5, 5.41) is 25.5. The second kappa shape index (κ2) is 7.37. The number of carbonyl (C=O) groups is 1. The normalized spacial score (nSPS) is 11.5. The highest BCUT2D eigenvalue weighted by atomic mass is 32.1. The highest BCUT2D eigenvalue weighted by Gasteiger charge is 2.38. The van der Waals surface area contributed by atoms with Crippen LogP contribution < -0.4 is 5.73 Å². The lowest BCUT2D eigenvalue weighted by Gasteiger charge is -2.09. The van der Waals surface area contributed by atoms with Crippen LogP contribution in [0.1, 0.15) is 5.69 Å². The lowest BCUT2D eigenvalue weighted by Crippen LogP contribution is -2.21. The molecule has 0 unspecified atom stereocenters. The van der Waals surface area contributed by atoms with Crippen molar-refractivity contribution in [2.24, 2.45) is 0 Å². The zero-order chi connectivity index (χ0) is 22.4. The van der Waals surface area contributed by atoms with Gasteiger partial charge in [0, 0.05) is 22.2 Å². The highest BCUT2D eigenvalue weighted by molar-refractivity contribution is 7.13. The van der Waals surface area contributed by atoms with Crippen LogP contribution in [0.2, 0.25) is 0 Å². The molecule has 0 spiro atoms. The third kappa shape index (κ3) is 3.68. The van der Waals surface area contributed by atoms with Crippen LogP contribution >= 0.6 is 11.3 Å². The lowest BCUT2D eigenvalue weighted by atomic mass is 10.0. The number of nitrogens with one attached hydrogen (secondary N) is 1. The highest BCUT2D eigenvalue weighted by Crippen LogP contribution is 2.39. The van der Waals surface area contributed by atoms with Gasteiger partial charge in [0.15, 0.2) is 22.3 Å². The van der Waals surface area contributed by atoms with Gasteiger partial charge in [0.05, 0.1) is 11.1 Å². The van der Waals surface area contributed by atoms with E-state index in [1.807, 2.05) is 0 Å². The molecule has 4 aromatic rings. The molecule has 0 aliphatic carbocycles. The maximum absolute atomic E-state index is 14.5. The van der Waals surface area contributed by atoms with E-state index >= 15 is 0 Å². The van der Waals surface area contributed by atoms with Crippen molar-refractivity contribution in [1.82, 2.24) is 20.2 Å². The molecular weight excluding hydrogens is 437 g/mol. The van der Waals surface area contributed by atoms with Crippen molar-refractivity contribution < 1.29 is 37.0 Å². The number of aryl methyl sites for hydroxylation is 1. The Morgan fingerprint density at radius 3 is 2.37 bits per heavy atom. The van der Waals surface area contributed by atoms with E-state index in [0.717, 1.165) is 6.07 Å². The monoisotopic (exact) mass is 447 g/mol. The molecule has 3 heterocycles. The van der Waals surface area contributed by atoms with Crippen molar-refractivity contribution in [3.05, 3.63) is 28.8 Å². The number of nitrogens with zero attached hydrogens (tertiary/aromatic N) is 3.